The van der Waals surface area contributed by atoms with E-state index in [4.69, 9.17) is 23.2 Å². The lowest BCUT2D eigenvalue weighted by molar-refractivity contribution is 1.42. The first kappa shape index (κ1) is 7.96. The van der Waals surface area contributed by atoms with E-state index in [2.05, 4.69) is 4.98 Å². The van der Waals surface area contributed by atoms with Gasteiger partial charge in [0.05, 0.1) is 0 Å². The third kappa shape index (κ3) is 1.10. The zero-order valence-electron chi connectivity index (χ0n) is 6.49. The van der Waals surface area contributed by atoms with Gasteiger partial charge in [-0.05, 0) is 30.7 Å². The van der Waals surface area contributed by atoms with Crippen molar-refractivity contribution in [2.75, 3.05) is 0 Å². The lowest BCUT2D eigenvalue weighted by Gasteiger charge is -1.91. The molecule has 1 N–H and O–H groups in total. The lowest BCUT2D eigenvalue weighted by atomic mass is 10.2. The van der Waals surface area contributed by atoms with E-state index in [1.165, 1.54) is 0 Å². The van der Waals surface area contributed by atoms with Crippen LogP contribution in [0.4, 0.5) is 0 Å². The van der Waals surface area contributed by atoms with Crippen LogP contribution in [0.3, 0.4) is 0 Å². The van der Waals surface area contributed by atoms with E-state index in [9.17, 15) is 0 Å². The Morgan fingerprint density at radius 2 is 2.00 bits per heavy atom. The van der Waals surface area contributed by atoms with Crippen molar-refractivity contribution in [3.05, 3.63) is 33.9 Å². The van der Waals surface area contributed by atoms with Crippen molar-refractivity contribution in [3.63, 3.8) is 0 Å². The number of hydrogen-bond donors (Lipinski definition) is 1. The molecule has 0 spiro atoms. The van der Waals surface area contributed by atoms with Crippen LogP contribution in [0.25, 0.3) is 10.9 Å². The van der Waals surface area contributed by atoms with Gasteiger partial charge < -0.3 is 4.98 Å². The number of nitrogens with one attached hydrogen (secondary N) is 1. The van der Waals surface area contributed by atoms with E-state index in [-0.39, 0.29) is 0 Å². The first-order valence-corrected chi connectivity index (χ1v) is 4.37. The smallest absolute Gasteiger partial charge is 0.110 e. The largest absolute Gasteiger partial charge is 0.345 e. The summed E-state index contributed by atoms with van der Waals surface area (Å²) in [6, 6.07) is 5.68. The van der Waals surface area contributed by atoms with Gasteiger partial charge in [0.2, 0.25) is 0 Å². The monoisotopic (exact) mass is 199 g/mol. The van der Waals surface area contributed by atoms with Crippen LogP contribution in [0.15, 0.2) is 18.2 Å². The molecule has 0 saturated carbocycles. The van der Waals surface area contributed by atoms with E-state index in [0.29, 0.717) is 5.15 Å². The number of fused-ring (bicyclic) bond motifs is 1. The SMILES string of the molecule is Cc1c(Cl)[nH]c2ccc(Cl)cc12. The topological polar surface area (TPSA) is 15.8 Å². The predicted octanol–water partition coefficient (Wildman–Crippen LogP) is 3.78. The molecule has 0 bridgehead atoms. The molecule has 62 valence electrons. The maximum atomic E-state index is 5.91. The number of benzene rings is 1. The Morgan fingerprint density at radius 3 is 2.75 bits per heavy atom. The summed E-state index contributed by atoms with van der Waals surface area (Å²) in [5, 5.41) is 2.51. The van der Waals surface area contributed by atoms with E-state index < -0.39 is 0 Å². The number of aromatic amines is 1. The van der Waals surface area contributed by atoms with Gasteiger partial charge in [-0.25, -0.2) is 0 Å². The summed E-state index contributed by atoms with van der Waals surface area (Å²) >= 11 is 11.7. The summed E-state index contributed by atoms with van der Waals surface area (Å²) in [7, 11) is 0. The molecule has 0 fully saturated rings. The summed E-state index contributed by atoms with van der Waals surface area (Å²) in [6.07, 6.45) is 0. The highest BCUT2D eigenvalue weighted by Gasteiger charge is 2.04. The summed E-state index contributed by atoms with van der Waals surface area (Å²) in [5.74, 6) is 0. The Balaban J connectivity index is 2.88. The van der Waals surface area contributed by atoms with Gasteiger partial charge >= 0.3 is 0 Å². The van der Waals surface area contributed by atoms with Gasteiger partial charge in [-0.2, -0.15) is 0 Å². The minimum atomic E-state index is 0.687. The Bertz CT molecular complexity index is 431. The number of hydrogen-bond acceptors (Lipinski definition) is 0. The molecule has 3 heteroatoms. The van der Waals surface area contributed by atoms with Crippen molar-refractivity contribution in [1.82, 2.24) is 4.98 Å². The first-order valence-electron chi connectivity index (χ1n) is 3.62. The molecule has 0 aliphatic carbocycles. The fourth-order valence-corrected chi connectivity index (χ4v) is 1.64. The molecule has 0 saturated heterocycles. The quantitative estimate of drug-likeness (QED) is 0.665. The van der Waals surface area contributed by atoms with Crippen molar-refractivity contribution < 1.29 is 0 Å². The van der Waals surface area contributed by atoms with Gasteiger partial charge in [0.25, 0.3) is 0 Å². The van der Waals surface area contributed by atoms with Crippen molar-refractivity contribution in [3.8, 4) is 0 Å². The van der Waals surface area contributed by atoms with Gasteiger partial charge in [-0.15, -0.1) is 0 Å². The predicted molar refractivity (Wildman–Crippen MR) is 53.1 cm³/mol. The number of rotatable bonds is 0. The van der Waals surface area contributed by atoms with Crippen LogP contribution < -0.4 is 0 Å². The standard InChI is InChI=1S/C9H7Cl2N/c1-5-7-4-6(10)2-3-8(7)12-9(5)11/h2-4,12H,1H3. The molecule has 1 heterocycles. The molecule has 2 aromatic rings. The first-order chi connectivity index (χ1) is 5.68. The minimum Gasteiger partial charge on any atom is -0.345 e. The molecule has 1 aromatic heterocycles. The second kappa shape index (κ2) is 2.68. The molecule has 12 heavy (non-hydrogen) atoms. The van der Waals surface area contributed by atoms with Crippen LogP contribution in [0, 0.1) is 6.92 Å². The van der Waals surface area contributed by atoms with Crippen LogP contribution in [-0.4, -0.2) is 4.98 Å². The Kier molecular flexibility index (Phi) is 1.78. The highest BCUT2D eigenvalue weighted by Crippen LogP contribution is 2.27. The van der Waals surface area contributed by atoms with Crippen LogP contribution in [-0.2, 0) is 0 Å². The Labute approximate surface area is 80.3 Å². The van der Waals surface area contributed by atoms with Crippen LogP contribution >= 0.6 is 23.2 Å². The second-order valence-corrected chi connectivity index (χ2v) is 3.57. The van der Waals surface area contributed by atoms with Gasteiger partial charge in [0.1, 0.15) is 5.15 Å². The van der Waals surface area contributed by atoms with Crippen LogP contribution in [0.2, 0.25) is 10.2 Å². The number of H-pyrrole nitrogens is 1. The summed E-state index contributed by atoms with van der Waals surface area (Å²) < 4.78 is 0. The molecule has 0 aliphatic rings. The molecule has 0 aliphatic heterocycles. The van der Waals surface area contributed by atoms with Crippen molar-refractivity contribution >= 4 is 34.1 Å². The van der Waals surface area contributed by atoms with Gasteiger partial charge in [0.15, 0.2) is 0 Å². The van der Waals surface area contributed by atoms with E-state index in [0.717, 1.165) is 21.5 Å². The molecular formula is C9H7Cl2N. The Morgan fingerprint density at radius 1 is 1.25 bits per heavy atom. The maximum absolute atomic E-state index is 5.91. The van der Waals surface area contributed by atoms with Crippen molar-refractivity contribution in [2.24, 2.45) is 0 Å². The molecule has 2 rings (SSSR count). The van der Waals surface area contributed by atoms with Crippen molar-refractivity contribution in [2.45, 2.75) is 6.92 Å². The van der Waals surface area contributed by atoms with Crippen LogP contribution in [0.5, 0.6) is 0 Å². The van der Waals surface area contributed by atoms with Gasteiger partial charge in [0, 0.05) is 15.9 Å². The highest BCUT2D eigenvalue weighted by molar-refractivity contribution is 6.33. The van der Waals surface area contributed by atoms with Gasteiger partial charge in [-0.3, -0.25) is 0 Å². The highest BCUT2D eigenvalue weighted by atomic mass is 35.5. The zero-order valence-corrected chi connectivity index (χ0v) is 8.00. The minimum absolute atomic E-state index is 0.687. The molecule has 1 nitrogen and oxygen atoms in total. The molecule has 0 radical (unpaired) electrons. The summed E-state index contributed by atoms with van der Waals surface area (Å²) in [6.45, 7) is 1.97. The summed E-state index contributed by atoms with van der Waals surface area (Å²) in [5.41, 5.74) is 2.08. The normalized spacial score (nSPS) is 10.9. The molecule has 0 amide bonds. The van der Waals surface area contributed by atoms with E-state index in [1.54, 1.807) is 0 Å². The van der Waals surface area contributed by atoms with Crippen molar-refractivity contribution in [1.29, 1.82) is 0 Å². The Hall–Kier alpha value is -0.660. The zero-order chi connectivity index (χ0) is 8.72. The molecule has 0 atom stereocenters. The number of aromatic nitrogens is 1. The summed E-state index contributed by atoms with van der Waals surface area (Å²) in [4.78, 5) is 3.06. The van der Waals surface area contributed by atoms with E-state index >= 15 is 0 Å². The molecule has 1 aromatic carbocycles. The third-order valence-electron chi connectivity index (χ3n) is 1.96. The average Bonchev–Trinajstić information content (AvgIpc) is 2.31. The average molecular weight is 200 g/mol. The third-order valence-corrected chi connectivity index (χ3v) is 2.57. The number of aryl methyl sites for hydroxylation is 1. The molecular weight excluding hydrogens is 193 g/mol. The van der Waals surface area contributed by atoms with Crippen LogP contribution in [0.1, 0.15) is 5.56 Å². The fraction of sp³-hybridized carbons (Fsp3) is 0.111. The maximum Gasteiger partial charge on any atom is 0.110 e. The van der Waals surface area contributed by atoms with E-state index in [1.807, 2.05) is 25.1 Å². The van der Waals surface area contributed by atoms with Gasteiger partial charge in [-0.1, -0.05) is 23.2 Å². The number of halogens is 2. The second-order valence-electron chi connectivity index (χ2n) is 2.75. The fourth-order valence-electron chi connectivity index (χ4n) is 1.27. The molecule has 0 unspecified atom stereocenters. The lowest BCUT2D eigenvalue weighted by Crippen LogP contribution is -1.68.